The Kier molecular flexibility index (Phi) is 6.79. The van der Waals surface area contributed by atoms with Gasteiger partial charge in [0.2, 0.25) is 5.91 Å². The van der Waals surface area contributed by atoms with Gasteiger partial charge in [0.1, 0.15) is 29.1 Å². The second-order valence-electron chi connectivity index (χ2n) is 8.82. The van der Waals surface area contributed by atoms with E-state index >= 15 is 0 Å². The zero-order valence-electron chi connectivity index (χ0n) is 20.3. The summed E-state index contributed by atoms with van der Waals surface area (Å²) in [6.07, 6.45) is 0.00175. The lowest BCUT2D eigenvalue weighted by Gasteiger charge is -2.37. The Hall–Kier alpha value is -4.35. The summed E-state index contributed by atoms with van der Waals surface area (Å²) in [5.74, 6) is -0.283. The van der Waals surface area contributed by atoms with Gasteiger partial charge in [0, 0.05) is 44.1 Å². The highest BCUT2D eigenvalue weighted by Crippen LogP contribution is 2.32. The number of alkyl halides is 3. The Bertz CT molecular complexity index is 1430. The molecule has 12 heteroatoms. The molecule has 0 spiro atoms. The molecular weight excluding hydrogens is 504 g/mol. The average Bonchev–Trinajstić information content (AvgIpc) is 3.26. The van der Waals surface area contributed by atoms with Crippen molar-refractivity contribution in [2.24, 2.45) is 0 Å². The zero-order valence-corrected chi connectivity index (χ0v) is 20.3. The molecule has 1 aliphatic heterocycles. The van der Waals surface area contributed by atoms with Crippen molar-refractivity contribution in [1.29, 1.82) is 0 Å². The fourth-order valence-corrected chi connectivity index (χ4v) is 4.48. The monoisotopic (exact) mass is 528 g/mol. The predicted molar refractivity (Wildman–Crippen MR) is 133 cm³/mol. The largest absolute Gasteiger partial charge is 0.573 e. The fourth-order valence-electron chi connectivity index (χ4n) is 4.48. The Morgan fingerprint density at radius 2 is 1.76 bits per heavy atom. The smallest absolute Gasteiger partial charge is 0.406 e. The van der Waals surface area contributed by atoms with Gasteiger partial charge in [-0.15, -0.1) is 13.2 Å². The lowest BCUT2D eigenvalue weighted by Crippen LogP contribution is -2.52. The van der Waals surface area contributed by atoms with Crippen LogP contribution in [0.3, 0.4) is 0 Å². The van der Waals surface area contributed by atoms with Crippen LogP contribution in [0.15, 0.2) is 67.1 Å². The topological polar surface area (TPSA) is 75.0 Å². The normalized spacial score (nSPS) is 15.0. The van der Waals surface area contributed by atoms with Crippen LogP contribution < -0.4 is 15.0 Å². The number of fused-ring (bicyclic) bond motifs is 1. The van der Waals surface area contributed by atoms with Gasteiger partial charge in [0.25, 0.3) is 0 Å². The molecule has 2 aromatic carbocycles. The molecule has 0 saturated carbocycles. The van der Waals surface area contributed by atoms with Gasteiger partial charge in [0.05, 0.1) is 11.9 Å². The molecule has 1 unspecified atom stereocenters. The first-order valence-electron chi connectivity index (χ1n) is 11.9. The molecule has 1 saturated heterocycles. The highest BCUT2D eigenvalue weighted by Gasteiger charge is 2.31. The van der Waals surface area contributed by atoms with Crippen molar-refractivity contribution in [3.8, 4) is 17.0 Å². The molecule has 2 aromatic heterocycles. The molecule has 1 aliphatic rings. The van der Waals surface area contributed by atoms with Crippen molar-refractivity contribution in [3.63, 3.8) is 0 Å². The number of nitrogens with zero attached hydrogens (tertiary/aromatic N) is 5. The highest BCUT2D eigenvalue weighted by atomic mass is 19.4. The van der Waals surface area contributed by atoms with E-state index in [0.717, 1.165) is 0 Å². The van der Waals surface area contributed by atoms with Gasteiger partial charge in [-0.3, -0.25) is 14.2 Å². The molecule has 0 radical (unpaired) electrons. The Morgan fingerprint density at radius 1 is 1.05 bits per heavy atom. The summed E-state index contributed by atoms with van der Waals surface area (Å²) < 4.78 is 57.5. The maximum Gasteiger partial charge on any atom is 0.573 e. The summed E-state index contributed by atoms with van der Waals surface area (Å²) in [5, 5.41) is 3.23. The molecule has 0 aliphatic carbocycles. The lowest BCUT2D eigenvalue weighted by molar-refractivity contribution is -0.274. The van der Waals surface area contributed by atoms with Crippen molar-refractivity contribution in [2.45, 2.75) is 19.3 Å². The molecule has 1 amide bonds. The van der Waals surface area contributed by atoms with Gasteiger partial charge in [-0.1, -0.05) is 12.1 Å². The molecule has 1 atom stereocenters. The van der Waals surface area contributed by atoms with E-state index in [1.165, 1.54) is 30.3 Å². The summed E-state index contributed by atoms with van der Waals surface area (Å²) in [4.78, 5) is 25.6. The second kappa shape index (κ2) is 10.2. The number of carbonyl (C=O) groups excluding carboxylic acids is 1. The van der Waals surface area contributed by atoms with Crippen molar-refractivity contribution in [2.75, 3.05) is 36.4 Å². The van der Waals surface area contributed by atoms with Gasteiger partial charge < -0.3 is 19.9 Å². The van der Waals surface area contributed by atoms with Gasteiger partial charge in [0.15, 0.2) is 5.65 Å². The summed E-state index contributed by atoms with van der Waals surface area (Å²) in [7, 11) is 0. The Balaban J connectivity index is 1.33. The number of nitrogens with one attached hydrogen (secondary N) is 1. The minimum atomic E-state index is -4.79. The SMILES string of the molecule is CC(Nc1c(-c2ccc(OC(F)(F)F)cc2)nc2cnccn12)C(=O)N1CCN(c2ccccc2F)CC1. The number of anilines is 2. The minimum absolute atomic E-state index is 0.137. The van der Waals surface area contributed by atoms with E-state index in [9.17, 15) is 22.4 Å². The van der Waals surface area contributed by atoms with Crippen LogP contribution in [0, 0.1) is 5.82 Å². The number of piperazine rings is 1. The summed E-state index contributed by atoms with van der Waals surface area (Å²) in [5.41, 5.74) is 1.99. The van der Waals surface area contributed by atoms with Crippen LogP contribution >= 0.6 is 0 Å². The molecule has 4 aromatic rings. The van der Waals surface area contributed by atoms with Crippen molar-refractivity contribution < 1.29 is 27.1 Å². The number of hydrogen-bond acceptors (Lipinski definition) is 6. The molecule has 0 bridgehead atoms. The second-order valence-corrected chi connectivity index (χ2v) is 8.82. The summed E-state index contributed by atoms with van der Waals surface area (Å²) >= 11 is 0. The molecular formula is C26H24F4N6O2. The van der Waals surface area contributed by atoms with E-state index in [4.69, 9.17) is 0 Å². The first-order valence-corrected chi connectivity index (χ1v) is 11.9. The van der Waals surface area contributed by atoms with Crippen LogP contribution in [-0.2, 0) is 4.79 Å². The van der Waals surface area contributed by atoms with Crippen LogP contribution in [0.25, 0.3) is 16.9 Å². The van der Waals surface area contributed by atoms with Crippen molar-refractivity contribution >= 4 is 23.1 Å². The molecule has 1 fully saturated rings. The standard InChI is InChI=1S/C26H24F4N6O2/c1-17(25(37)35-14-12-34(13-15-35)21-5-3-2-4-20(21)27)32-24-23(33-22-16-31-10-11-36(22)24)18-6-8-19(9-7-18)38-26(28,29)30/h2-11,16-17,32H,12-15H2,1H3. The number of carbonyl (C=O) groups is 1. The van der Waals surface area contributed by atoms with Gasteiger partial charge in [-0.05, 0) is 43.3 Å². The van der Waals surface area contributed by atoms with Gasteiger partial charge >= 0.3 is 6.36 Å². The van der Waals surface area contributed by atoms with Crippen molar-refractivity contribution in [3.05, 3.63) is 72.9 Å². The van der Waals surface area contributed by atoms with E-state index < -0.39 is 12.4 Å². The number of amides is 1. The maximum atomic E-state index is 14.2. The Labute approximate surface area is 215 Å². The number of rotatable bonds is 6. The molecule has 5 rings (SSSR count). The van der Waals surface area contributed by atoms with Gasteiger partial charge in [-0.25, -0.2) is 9.37 Å². The van der Waals surface area contributed by atoms with Crippen molar-refractivity contribution in [1.82, 2.24) is 19.3 Å². The first kappa shape index (κ1) is 25.3. The third kappa shape index (κ3) is 5.34. The summed E-state index contributed by atoms with van der Waals surface area (Å²) in [6.45, 7) is 3.60. The summed E-state index contributed by atoms with van der Waals surface area (Å²) in [6, 6.07) is 11.3. The number of imidazole rings is 1. The average molecular weight is 529 g/mol. The molecule has 1 N–H and O–H groups in total. The third-order valence-electron chi connectivity index (χ3n) is 6.30. The van der Waals surface area contributed by atoms with Crippen LogP contribution in [0.4, 0.5) is 29.1 Å². The molecule has 198 valence electrons. The first-order chi connectivity index (χ1) is 18.2. The van der Waals surface area contributed by atoms with Crippen LogP contribution in [0.5, 0.6) is 5.75 Å². The number of benzene rings is 2. The quantitative estimate of drug-likeness (QED) is 0.370. The third-order valence-corrected chi connectivity index (χ3v) is 6.30. The number of aromatic nitrogens is 3. The highest BCUT2D eigenvalue weighted by molar-refractivity contribution is 5.86. The number of para-hydroxylation sites is 1. The molecule has 3 heterocycles. The van der Waals surface area contributed by atoms with E-state index in [0.29, 0.717) is 54.6 Å². The number of halogens is 4. The van der Waals surface area contributed by atoms with E-state index in [1.807, 2.05) is 4.90 Å². The van der Waals surface area contributed by atoms with Crippen LogP contribution in [0.2, 0.25) is 0 Å². The van der Waals surface area contributed by atoms with Crippen LogP contribution in [-0.4, -0.2) is 63.8 Å². The Morgan fingerprint density at radius 3 is 2.45 bits per heavy atom. The van der Waals surface area contributed by atoms with E-state index in [1.54, 1.807) is 53.0 Å². The number of ether oxygens (including phenoxy) is 1. The predicted octanol–water partition coefficient (Wildman–Crippen LogP) is 4.58. The van der Waals surface area contributed by atoms with E-state index in [-0.39, 0.29) is 17.5 Å². The van der Waals surface area contributed by atoms with Crippen LogP contribution in [0.1, 0.15) is 6.92 Å². The van der Waals surface area contributed by atoms with Gasteiger partial charge in [-0.2, -0.15) is 0 Å². The fraction of sp³-hybridized carbons (Fsp3) is 0.269. The molecule has 38 heavy (non-hydrogen) atoms. The molecule has 8 nitrogen and oxygen atoms in total. The lowest BCUT2D eigenvalue weighted by atomic mass is 10.1. The number of hydrogen-bond donors (Lipinski definition) is 1. The maximum absolute atomic E-state index is 14.2. The zero-order chi connectivity index (χ0) is 26.9. The van der Waals surface area contributed by atoms with E-state index in [2.05, 4.69) is 20.0 Å². The minimum Gasteiger partial charge on any atom is -0.406 e.